The van der Waals surface area contributed by atoms with E-state index in [0.29, 0.717) is 11.8 Å². The molecule has 0 bridgehead atoms. The van der Waals surface area contributed by atoms with Crippen LogP contribution in [0.3, 0.4) is 0 Å². The van der Waals surface area contributed by atoms with Gasteiger partial charge in [0.1, 0.15) is 5.75 Å². The van der Waals surface area contributed by atoms with Gasteiger partial charge in [0, 0.05) is 12.1 Å². The fourth-order valence-electron chi connectivity index (χ4n) is 3.01. The minimum absolute atomic E-state index is 0.0836. The number of phenols is 1. The minimum Gasteiger partial charge on any atom is -0.508 e. The van der Waals surface area contributed by atoms with Crippen LogP contribution in [-0.4, -0.2) is 22.4 Å². The maximum Gasteiger partial charge on any atom is 0.115 e. The van der Waals surface area contributed by atoms with Crippen molar-refractivity contribution in [3.8, 4) is 5.75 Å². The van der Waals surface area contributed by atoms with Crippen molar-refractivity contribution in [1.82, 2.24) is 5.32 Å². The first kappa shape index (κ1) is 14.4. The third kappa shape index (κ3) is 3.28. The van der Waals surface area contributed by atoms with Crippen molar-refractivity contribution in [3.05, 3.63) is 29.8 Å². The molecule has 1 aliphatic heterocycles. The van der Waals surface area contributed by atoms with E-state index in [1.807, 2.05) is 18.2 Å². The molecular formula is C16H25NO2. The summed E-state index contributed by atoms with van der Waals surface area (Å²) in [6, 6.07) is 7.91. The van der Waals surface area contributed by atoms with Crippen LogP contribution >= 0.6 is 0 Å². The number of hydrogen-bond acceptors (Lipinski definition) is 3. The van der Waals surface area contributed by atoms with Crippen LogP contribution < -0.4 is 5.32 Å². The molecule has 1 aromatic rings. The van der Waals surface area contributed by atoms with Crippen molar-refractivity contribution in [3.63, 3.8) is 0 Å². The van der Waals surface area contributed by atoms with Gasteiger partial charge in [-0.15, -0.1) is 0 Å². The van der Waals surface area contributed by atoms with Crippen molar-refractivity contribution in [2.45, 2.75) is 64.3 Å². The largest absolute Gasteiger partial charge is 0.508 e. The van der Waals surface area contributed by atoms with Crippen LogP contribution in [0.5, 0.6) is 5.75 Å². The highest BCUT2D eigenvalue weighted by Crippen LogP contribution is 2.38. The Labute approximate surface area is 116 Å². The highest BCUT2D eigenvalue weighted by atomic mass is 16.5. The lowest BCUT2D eigenvalue weighted by Crippen LogP contribution is -2.44. The summed E-state index contributed by atoms with van der Waals surface area (Å²) in [6.07, 6.45) is 0.989. The molecule has 19 heavy (non-hydrogen) atoms. The van der Waals surface area contributed by atoms with Crippen LogP contribution in [0.2, 0.25) is 0 Å². The zero-order valence-electron chi connectivity index (χ0n) is 12.5. The van der Waals surface area contributed by atoms with E-state index in [4.69, 9.17) is 4.74 Å². The van der Waals surface area contributed by atoms with Crippen LogP contribution in [0, 0.1) is 0 Å². The molecule has 0 aromatic heterocycles. The lowest BCUT2D eigenvalue weighted by molar-refractivity contribution is -0.0703. The van der Waals surface area contributed by atoms with Crippen LogP contribution in [0.15, 0.2) is 24.3 Å². The molecule has 1 aromatic carbocycles. The first-order valence-electron chi connectivity index (χ1n) is 6.95. The fraction of sp³-hybridized carbons (Fsp3) is 0.625. The Hall–Kier alpha value is -1.06. The van der Waals surface area contributed by atoms with E-state index in [9.17, 15) is 5.11 Å². The van der Waals surface area contributed by atoms with E-state index >= 15 is 0 Å². The summed E-state index contributed by atoms with van der Waals surface area (Å²) >= 11 is 0. The average molecular weight is 263 g/mol. The number of ether oxygens (including phenoxy) is 1. The van der Waals surface area contributed by atoms with Crippen molar-refractivity contribution in [2.24, 2.45) is 0 Å². The molecule has 2 rings (SSSR count). The summed E-state index contributed by atoms with van der Waals surface area (Å²) in [5, 5.41) is 13.2. The van der Waals surface area contributed by atoms with Gasteiger partial charge in [-0.2, -0.15) is 0 Å². The van der Waals surface area contributed by atoms with Gasteiger partial charge in [0.15, 0.2) is 0 Å². The smallest absolute Gasteiger partial charge is 0.115 e. The molecule has 0 radical (unpaired) electrons. The molecule has 0 saturated carbocycles. The SMILES string of the molecule is CC(NC1CC(C)(C)OC1(C)C)c1cccc(O)c1. The van der Waals surface area contributed by atoms with Gasteiger partial charge in [-0.1, -0.05) is 12.1 Å². The third-order valence-corrected chi connectivity index (χ3v) is 3.90. The van der Waals surface area contributed by atoms with E-state index in [1.165, 1.54) is 0 Å². The van der Waals surface area contributed by atoms with Gasteiger partial charge < -0.3 is 15.2 Å². The van der Waals surface area contributed by atoms with Gasteiger partial charge in [-0.05, 0) is 58.7 Å². The molecule has 3 nitrogen and oxygen atoms in total. The summed E-state index contributed by atoms with van der Waals surface area (Å²) in [4.78, 5) is 0. The second-order valence-corrected chi connectivity index (χ2v) is 6.71. The van der Waals surface area contributed by atoms with Crippen molar-refractivity contribution in [1.29, 1.82) is 0 Å². The minimum atomic E-state index is -0.172. The Morgan fingerprint density at radius 2 is 2.00 bits per heavy atom. The van der Waals surface area contributed by atoms with Gasteiger partial charge in [0.05, 0.1) is 11.2 Å². The van der Waals surface area contributed by atoms with E-state index < -0.39 is 0 Å². The second kappa shape index (κ2) is 4.80. The number of rotatable bonds is 3. The summed E-state index contributed by atoms with van der Waals surface area (Å²) in [7, 11) is 0. The molecule has 2 atom stereocenters. The maximum absolute atomic E-state index is 9.56. The number of phenolic OH excluding ortho intramolecular Hbond substituents is 1. The highest BCUT2D eigenvalue weighted by Gasteiger charge is 2.46. The summed E-state index contributed by atoms with van der Waals surface area (Å²) in [5.41, 5.74) is 0.842. The molecule has 3 heteroatoms. The molecule has 1 aliphatic rings. The predicted molar refractivity (Wildman–Crippen MR) is 77.3 cm³/mol. The summed E-state index contributed by atoms with van der Waals surface area (Å²) in [5.74, 6) is 0.313. The lowest BCUT2D eigenvalue weighted by atomic mass is 9.93. The fourth-order valence-corrected chi connectivity index (χ4v) is 3.01. The molecule has 2 unspecified atom stereocenters. The van der Waals surface area contributed by atoms with Gasteiger partial charge in [-0.3, -0.25) is 0 Å². The first-order chi connectivity index (χ1) is 8.70. The molecule has 0 aliphatic carbocycles. The van der Waals surface area contributed by atoms with Gasteiger partial charge in [0.25, 0.3) is 0 Å². The molecule has 1 saturated heterocycles. The van der Waals surface area contributed by atoms with Gasteiger partial charge in [-0.25, -0.2) is 0 Å². The Kier molecular flexibility index (Phi) is 3.63. The topological polar surface area (TPSA) is 41.5 Å². The zero-order valence-corrected chi connectivity index (χ0v) is 12.5. The maximum atomic E-state index is 9.56. The molecule has 2 N–H and O–H groups in total. The number of aromatic hydroxyl groups is 1. The molecule has 1 heterocycles. The Morgan fingerprint density at radius 3 is 2.53 bits per heavy atom. The molecule has 1 fully saturated rings. The Bertz CT molecular complexity index is 454. The average Bonchev–Trinajstić information content (AvgIpc) is 2.46. The number of benzene rings is 1. The predicted octanol–water partition coefficient (Wildman–Crippen LogP) is 3.39. The quantitative estimate of drug-likeness (QED) is 0.878. The second-order valence-electron chi connectivity index (χ2n) is 6.71. The van der Waals surface area contributed by atoms with Crippen LogP contribution in [0.25, 0.3) is 0 Å². The van der Waals surface area contributed by atoms with Gasteiger partial charge in [0.2, 0.25) is 0 Å². The van der Waals surface area contributed by atoms with E-state index in [-0.39, 0.29) is 17.2 Å². The van der Waals surface area contributed by atoms with Crippen LogP contribution in [0.4, 0.5) is 0 Å². The molecule has 0 amide bonds. The summed E-state index contributed by atoms with van der Waals surface area (Å²) in [6.45, 7) is 10.7. The number of nitrogens with one attached hydrogen (secondary N) is 1. The number of hydrogen-bond donors (Lipinski definition) is 2. The van der Waals surface area contributed by atoms with E-state index in [1.54, 1.807) is 6.07 Å². The Balaban J connectivity index is 2.09. The van der Waals surface area contributed by atoms with Crippen molar-refractivity contribution in [2.75, 3.05) is 0 Å². The normalized spacial score (nSPS) is 26.3. The van der Waals surface area contributed by atoms with Crippen molar-refractivity contribution < 1.29 is 9.84 Å². The highest BCUT2D eigenvalue weighted by molar-refractivity contribution is 5.29. The third-order valence-electron chi connectivity index (χ3n) is 3.90. The van der Waals surface area contributed by atoms with Crippen LogP contribution in [-0.2, 0) is 4.74 Å². The lowest BCUT2D eigenvalue weighted by Gasteiger charge is -2.30. The first-order valence-corrected chi connectivity index (χ1v) is 6.95. The van der Waals surface area contributed by atoms with Gasteiger partial charge >= 0.3 is 0 Å². The molecule has 106 valence electrons. The van der Waals surface area contributed by atoms with Crippen LogP contribution in [0.1, 0.15) is 52.6 Å². The molecule has 0 spiro atoms. The Morgan fingerprint density at radius 1 is 1.32 bits per heavy atom. The van der Waals surface area contributed by atoms with E-state index in [2.05, 4.69) is 39.9 Å². The standard InChI is InChI=1S/C16H25NO2/c1-11(12-7-6-8-13(18)9-12)17-14-10-15(2,3)19-16(14,4)5/h6-9,11,14,17-18H,10H2,1-5H3. The van der Waals surface area contributed by atoms with Crippen molar-refractivity contribution >= 4 is 0 Å². The monoisotopic (exact) mass is 263 g/mol. The zero-order chi connectivity index (χ0) is 14.3. The van der Waals surface area contributed by atoms with E-state index in [0.717, 1.165) is 12.0 Å². The molecular weight excluding hydrogens is 238 g/mol. The summed E-state index contributed by atoms with van der Waals surface area (Å²) < 4.78 is 6.10.